The third kappa shape index (κ3) is 6.50. The zero-order valence-electron chi connectivity index (χ0n) is 9.25. The molecule has 0 atom stereocenters. The number of esters is 2. The van der Waals surface area contributed by atoms with Crippen molar-refractivity contribution in [2.75, 3.05) is 26.8 Å². The first-order valence-corrected chi connectivity index (χ1v) is 4.66. The molecule has 0 spiro atoms. The van der Waals surface area contributed by atoms with Gasteiger partial charge in [-0.2, -0.15) is 4.91 Å². The number of azide groups is 1. The summed E-state index contributed by atoms with van der Waals surface area (Å²) in [5.74, 6) is -0.957. The zero-order chi connectivity index (χ0) is 12.4. The fourth-order valence-electron chi connectivity index (χ4n) is 0.890. The normalized spacial score (nSPS) is 8.88. The molecule has 0 N–H and O–H groups in total. The van der Waals surface area contributed by atoms with Crippen LogP contribution in [-0.2, 0) is 19.1 Å². The van der Waals surface area contributed by atoms with Gasteiger partial charge in [-0.1, -0.05) is 0 Å². The lowest BCUT2D eigenvalue weighted by molar-refractivity contribution is -0.146. The fourth-order valence-corrected chi connectivity index (χ4v) is 0.890. The molecule has 0 aromatic heterocycles. The summed E-state index contributed by atoms with van der Waals surface area (Å²) in [6.07, 6.45) is 0.0366. The van der Waals surface area contributed by atoms with Crippen LogP contribution in [0, 0.1) is 0 Å². The summed E-state index contributed by atoms with van der Waals surface area (Å²) in [5.41, 5.74) is 8.25. The van der Waals surface area contributed by atoms with Gasteiger partial charge >= 0.3 is 11.9 Å². The first-order valence-electron chi connectivity index (χ1n) is 4.66. The molecular weight excluding hydrogens is 216 g/mol. The van der Waals surface area contributed by atoms with Gasteiger partial charge in [-0.25, -0.2) is 9.80 Å². The van der Waals surface area contributed by atoms with Gasteiger partial charge in [0.25, 0.3) is 0 Å². The highest BCUT2D eigenvalue weighted by Gasteiger charge is 2.14. The average molecular weight is 230 g/mol. The molecule has 8 nitrogen and oxygen atoms in total. The van der Waals surface area contributed by atoms with Crippen LogP contribution in [0.1, 0.15) is 13.3 Å². The van der Waals surface area contributed by atoms with Crippen LogP contribution in [-0.4, -0.2) is 43.8 Å². The van der Waals surface area contributed by atoms with Crippen molar-refractivity contribution in [2.24, 2.45) is 5.22 Å². The Morgan fingerprint density at radius 1 is 1.44 bits per heavy atom. The summed E-state index contributed by atoms with van der Waals surface area (Å²) in [4.78, 5) is 24.5. The third-order valence-electron chi connectivity index (χ3n) is 1.59. The highest BCUT2D eigenvalue weighted by Crippen LogP contribution is 1.96. The number of ether oxygens (including phenoxy) is 2. The monoisotopic (exact) mass is 230 g/mol. The summed E-state index contributed by atoms with van der Waals surface area (Å²) in [6, 6.07) is 0. The van der Waals surface area contributed by atoms with Gasteiger partial charge in [-0.3, -0.25) is 4.79 Å². The van der Waals surface area contributed by atoms with E-state index in [2.05, 4.69) is 19.6 Å². The molecule has 0 saturated carbocycles. The van der Waals surface area contributed by atoms with Crippen molar-refractivity contribution in [2.45, 2.75) is 13.3 Å². The van der Waals surface area contributed by atoms with Gasteiger partial charge in [0.15, 0.2) is 6.54 Å². The second kappa shape index (κ2) is 8.37. The standard InChI is InChI=1S/C8H14N4O4/c1-3-16-8(14)6-12(11-10-9)5-4-7(13)15-2/h3-6H2,1-2H3. The predicted molar refractivity (Wildman–Crippen MR) is 54.0 cm³/mol. The Bertz CT molecular complexity index is 288. The third-order valence-corrected chi connectivity index (χ3v) is 1.59. The summed E-state index contributed by atoms with van der Waals surface area (Å²) >= 11 is 0. The summed E-state index contributed by atoms with van der Waals surface area (Å²) in [6.45, 7) is 1.84. The van der Waals surface area contributed by atoms with Crippen LogP contribution in [0.4, 0.5) is 0 Å². The molecule has 0 radical (unpaired) electrons. The number of methoxy groups -OCH3 is 1. The second-order valence-corrected chi connectivity index (χ2v) is 2.70. The highest BCUT2D eigenvalue weighted by atomic mass is 16.5. The average Bonchev–Trinajstić information content (AvgIpc) is 2.26. The zero-order valence-corrected chi connectivity index (χ0v) is 9.25. The Kier molecular flexibility index (Phi) is 7.35. The van der Waals surface area contributed by atoms with Crippen molar-refractivity contribution in [1.29, 1.82) is 0 Å². The van der Waals surface area contributed by atoms with Gasteiger partial charge < -0.3 is 9.47 Å². The smallest absolute Gasteiger partial charge is 0.348 e. The fraction of sp³-hybridized carbons (Fsp3) is 0.750. The molecule has 0 aromatic carbocycles. The molecular formula is C8H14N4O4. The van der Waals surface area contributed by atoms with E-state index in [-0.39, 0.29) is 26.1 Å². The summed E-state index contributed by atoms with van der Waals surface area (Å²) < 4.78 is 9.09. The van der Waals surface area contributed by atoms with E-state index in [0.29, 0.717) is 0 Å². The molecule has 16 heavy (non-hydrogen) atoms. The molecule has 0 fully saturated rings. The summed E-state index contributed by atoms with van der Waals surface area (Å²) in [5, 5.41) is 4.36. The minimum Gasteiger partial charge on any atom is -0.469 e. The molecule has 0 bridgehead atoms. The van der Waals surface area contributed by atoms with Gasteiger partial charge in [-0.15, -0.1) is 5.53 Å². The topological polar surface area (TPSA) is 105 Å². The number of nitrogens with zero attached hydrogens (tertiary/aromatic N) is 4. The first-order chi connectivity index (χ1) is 7.63. The van der Waals surface area contributed by atoms with Crippen molar-refractivity contribution in [3.63, 3.8) is 0 Å². The minimum absolute atomic E-state index is 0.0366. The van der Waals surface area contributed by atoms with E-state index in [1.54, 1.807) is 6.92 Å². The Labute approximate surface area is 92.7 Å². The van der Waals surface area contributed by atoms with Crippen LogP contribution >= 0.6 is 0 Å². The Morgan fingerprint density at radius 2 is 2.12 bits per heavy atom. The van der Waals surface area contributed by atoms with Crippen molar-refractivity contribution in [3.8, 4) is 0 Å². The molecule has 0 heterocycles. The SMILES string of the molecule is CCOC(=O)CN(CCC(=O)OC)N=[N+]=[N-]. The summed E-state index contributed by atoms with van der Waals surface area (Å²) in [7, 11) is 1.26. The van der Waals surface area contributed by atoms with Crippen LogP contribution in [0.25, 0.3) is 10.4 Å². The van der Waals surface area contributed by atoms with E-state index in [0.717, 1.165) is 5.01 Å². The maximum absolute atomic E-state index is 11.1. The Hall–Kier alpha value is -1.95. The molecule has 0 aliphatic rings. The molecule has 0 aliphatic carbocycles. The van der Waals surface area contributed by atoms with E-state index >= 15 is 0 Å². The van der Waals surface area contributed by atoms with Crippen molar-refractivity contribution in [3.05, 3.63) is 10.4 Å². The molecule has 0 rings (SSSR count). The van der Waals surface area contributed by atoms with E-state index in [9.17, 15) is 9.59 Å². The molecule has 0 aromatic rings. The van der Waals surface area contributed by atoms with Gasteiger partial charge in [0.2, 0.25) is 0 Å². The van der Waals surface area contributed by atoms with Gasteiger partial charge in [0, 0.05) is 0 Å². The van der Waals surface area contributed by atoms with E-state index in [1.807, 2.05) is 0 Å². The van der Waals surface area contributed by atoms with E-state index in [1.165, 1.54) is 7.11 Å². The lowest BCUT2D eigenvalue weighted by Gasteiger charge is -2.11. The van der Waals surface area contributed by atoms with Crippen LogP contribution in [0.15, 0.2) is 5.22 Å². The minimum atomic E-state index is -0.514. The molecule has 0 unspecified atom stereocenters. The number of carbonyl (C=O) groups excluding carboxylic acids is 2. The van der Waals surface area contributed by atoms with Crippen LogP contribution in [0.5, 0.6) is 0 Å². The maximum atomic E-state index is 11.1. The van der Waals surface area contributed by atoms with Crippen molar-refractivity contribution in [1.82, 2.24) is 5.01 Å². The molecule has 8 heteroatoms. The van der Waals surface area contributed by atoms with Crippen LogP contribution in [0.3, 0.4) is 0 Å². The number of hydrogen-bond donors (Lipinski definition) is 0. The maximum Gasteiger partial charge on any atom is 0.348 e. The van der Waals surface area contributed by atoms with Crippen molar-refractivity contribution < 1.29 is 19.1 Å². The lowest BCUT2D eigenvalue weighted by Crippen LogP contribution is -2.28. The Morgan fingerprint density at radius 3 is 2.62 bits per heavy atom. The van der Waals surface area contributed by atoms with Crippen molar-refractivity contribution >= 4 is 11.9 Å². The van der Waals surface area contributed by atoms with Gasteiger partial charge in [0.1, 0.15) is 0 Å². The number of hydrogen-bond acceptors (Lipinski definition) is 5. The lowest BCUT2D eigenvalue weighted by atomic mass is 10.4. The van der Waals surface area contributed by atoms with Crippen LogP contribution < -0.4 is 0 Å². The number of rotatable bonds is 7. The molecule has 0 amide bonds. The predicted octanol–water partition coefficient (Wildman–Crippen LogP) is 0.640. The van der Waals surface area contributed by atoms with Crippen LogP contribution in [0.2, 0.25) is 0 Å². The Balaban J connectivity index is 4.11. The van der Waals surface area contributed by atoms with Gasteiger partial charge in [-0.05, 0) is 12.1 Å². The highest BCUT2D eigenvalue weighted by molar-refractivity contribution is 5.72. The first kappa shape index (κ1) is 14.1. The largest absolute Gasteiger partial charge is 0.469 e. The van der Waals surface area contributed by atoms with Gasteiger partial charge in [0.05, 0.1) is 26.7 Å². The van der Waals surface area contributed by atoms with E-state index in [4.69, 9.17) is 5.53 Å². The molecule has 0 aliphatic heterocycles. The van der Waals surface area contributed by atoms with E-state index < -0.39 is 11.9 Å². The quantitative estimate of drug-likeness (QED) is 0.210. The molecule has 0 saturated heterocycles. The number of carbonyl (C=O) groups is 2. The second-order valence-electron chi connectivity index (χ2n) is 2.70. The molecule has 90 valence electrons.